The first-order valence-electron chi connectivity index (χ1n) is 6.80. The lowest BCUT2D eigenvalue weighted by Gasteiger charge is -2.06. The standard InChI is InChI=1S/C17H11N3O2/c21-16(22)13-7-3-6-12-11-5-1-2-8-14(11)20(15(12)13)17-18-9-4-10-19-17/h1-10H,(H,21,22). The number of carbonyl (C=O) groups is 1. The molecule has 2 heterocycles. The van der Waals surface area contributed by atoms with Crippen molar-refractivity contribution >= 4 is 27.8 Å². The molecule has 2 aromatic carbocycles. The summed E-state index contributed by atoms with van der Waals surface area (Å²) in [5.74, 6) is -0.506. The minimum Gasteiger partial charge on any atom is -0.478 e. The fraction of sp³-hybridized carbons (Fsp3) is 0. The molecule has 1 N–H and O–H groups in total. The lowest BCUT2D eigenvalue weighted by atomic mass is 10.1. The van der Waals surface area contributed by atoms with Gasteiger partial charge in [-0.1, -0.05) is 30.3 Å². The van der Waals surface area contributed by atoms with E-state index in [2.05, 4.69) is 9.97 Å². The van der Waals surface area contributed by atoms with Crippen LogP contribution < -0.4 is 0 Å². The van der Waals surface area contributed by atoms with Crippen LogP contribution in [0.15, 0.2) is 60.9 Å². The van der Waals surface area contributed by atoms with Gasteiger partial charge in [-0.3, -0.25) is 4.57 Å². The Morgan fingerprint density at radius 3 is 2.41 bits per heavy atom. The fourth-order valence-corrected chi connectivity index (χ4v) is 2.81. The van der Waals surface area contributed by atoms with Gasteiger partial charge in [0.15, 0.2) is 0 Å². The van der Waals surface area contributed by atoms with Gasteiger partial charge in [0.25, 0.3) is 0 Å². The lowest BCUT2D eigenvalue weighted by Crippen LogP contribution is -2.04. The molecule has 0 aliphatic heterocycles. The Labute approximate surface area is 125 Å². The molecular weight excluding hydrogens is 278 g/mol. The molecule has 5 nitrogen and oxygen atoms in total. The summed E-state index contributed by atoms with van der Waals surface area (Å²) in [5.41, 5.74) is 1.74. The quantitative estimate of drug-likeness (QED) is 0.615. The highest BCUT2D eigenvalue weighted by Crippen LogP contribution is 2.32. The summed E-state index contributed by atoms with van der Waals surface area (Å²) >= 11 is 0. The van der Waals surface area contributed by atoms with Crippen molar-refractivity contribution in [3.63, 3.8) is 0 Å². The van der Waals surface area contributed by atoms with Crippen LogP contribution >= 0.6 is 0 Å². The molecule has 4 aromatic rings. The first-order valence-corrected chi connectivity index (χ1v) is 6.80. The zero-order chi connectivity index (χ0) is 15.1. The van der Waals surface area contributed by atoms with Crippen molar-refractivity contribution in [2.45, 2.75) is 0 Å². The molecule has 0 saturated heterocycles. The highest BCUT2D eigenvalue weighted by atomic mass is 16.4. The molecule has 0 spiro atoms. The summed E-state index contributed by atoms with van der Waals surface area (Å²) in [6.07, 6.45) is 3.29. The number of nitrogens with zero attached hydrogens (tertiary/aromatic N) is 3. The third-order valence-corrected chi connectivity index (χ3v) is 3.68. The predicted octanol–water partition coefficient (Wildman–Crippen LogP) is 3.27. The molecule has 0 aliphatic carbocycles. The Morgan fingerprint density at radius 2 is 1.64 bits per heavy atom. The van der Waals surface area contributed by atoms with Gasteiger partial charge in [-0.05, 0) is 18.2 Å². The Morgan fingerprint density at radius 1 is 0.909 bits per heavy atom. The molecule has 0 amide bonds. The van der Waals surface area contributed by atoms with Crippen LogP contribution in [0, 0.1) is 0 Å². The van der Waals surface area contributed by atoms with Crippen molar-refractivity contribution in [3.8, 4) is 5.95 Å². The summed E-state index contributed by atoms with van der Waals surface area (Å²) < 4.78 is 1.80. The van der Waals surface area contributed by atoms with E-state index >= 15 is 0 Å². The topological polar surface area (TPSA) is 68.0 Å². The van der Waals surface area contributed by atoms with Crippen LogP contribution in [0.3, 0.4) is 0 Å². The number of aromatic nitrogens is 3. The largest absolute Gasteiger partial charge is 0.478 e. The van der Waals surface area contributed by atoms with Gasteiger partial charge in [-0.2, -0.15) is 0 Å². The third kappa shape index (κ3) is 1.69. The van der Waals surface area contributed by atoms with E-state index < -0.39 is 5.97 Å². The monoisotopic (exact) mass is 289 g/mol. The Kier molecular flexibility index (Phi) is 2.66. The minimum atomic E-state index is -0.967. The summed E-state index contributed by atoms with van der Waals surface area (Å²) in [6.45, 7) is 0. The van der Waals surface area contributed by atoms with Crippen LogP contribution in [0.2, 0.25) is 0 Å². The van der Waals surface area contributed by atoms with E-state index in [0.29, 0.717) is 11.5 Å². The van der Waals surface area contributed by atoms with Crippen LogP contribution in [0.25, 0.3) is 27.8 Å². The van der Waals surface area contributed by atoms with Gasteiger partial charge >= 0.3 is 5.97 Å². The fourth-order valence-electron chi connectivity index (χ4n) is 2.81. The maximum absolute atomic E-state index is 11.6. The van der Waals surface area contributed by atoms with Gasteiger partial charge in [0.2, 0.25) is 5.95 Å². The minimum absolute atomic E-state index is 0.237. The average Bonchev–Trinajstić information content (AvgIpc) is 2.90. The van der Waals surface area contributed by atoms with Gasteiger partial charge in [-0.15, -0.1) is 0 Å². The van der Waals surface area contributed by atoms with Crippen LogP contribution in [-0.2, 0) is 0 Å². The Balaban J connectivity index is 2.27. The number of hydrogen-bond acceptors (Lipinski definition) is 3. The second-order valence-corrected chi connectivity index (χ2v) is 4.91. The number of aromatic carboxylic acids is 1. The lowest BCUT2D eigenvalue weighted by molar-refractivity contribution is 0.0698. The molecule has 5 heteroatoms. The molecule has 0 unspecified atom stereocenters. The molecule has 0 atom stereocenters. The van der Waals surface area contributed by atoms with Crippen molar-refractivity contribution in [2.75, 3.05) is 0 Å². The van der Waals surface area contributed by atoms with Gasteiger partial charge in [0.1, 0.15) is 0 Å². The second-order valence-electron chi connectivity index (χ2n) is 4.91. The van der Waals surface area contributed by atoms with E-state index in [1.807, 2.05) is 30.3 Å². The van der Waals surface area contributed by atoms with Gasteiger partial charge < -0.3 is 5.11 Å². The number of carboxylic acid groups (broad SMARTS) is 1. The van der Waals surface area contributed by atoms with Crippen LogP contribution in [0.1, 0.15) is 10.4 Å². The van der Waals surface area contributed by atoms with E-state index in [4.69, 9.17) is 0 Å². The van der Waals surface area contributed by atoms with Crippen molar-refractivity contribution in [2.24, 2.45) is 0 Å². The smallest absolute Gasteiger partial charge is 0.337 e. The summed E-state index contributed by atoms with van der Waals surface area (Å²) in [4.78, 5) is 20.2. The third-order valence-electron chi connectivity index (χ3n) is 3.68. The van der Waals surface area contributed by atoms with Crippen LogP contribution in [-0.4, -0.2) is 25.6 Å². The molecule has 0 saturated carbocycles. The number of benzene rings is 2. The van der Waals surface area contributed by atoms with E-state index in [9.17, 15) is 9.90 Å². The van der Waals surface area contributed by atoms with Gasteiger partial charge in [0.05, 0.1) is 16.6 Å². The van der Waals surface area contributed by atoms with E-state index in [-0.39, 0.29) is 5.56 Å². The molecule has 0 bridgehead atoms. The first kappa shape index (κ1) is 12.5. The SMILES string of the molecule is O=C(O)c1cccc2c3ccccc3n(-c3ncccn3)c12. The van der Waals surface area contributed by atoms with Crippen molar-refractivity contribution in [1.82, 2.24) is 14.5 Å². The Bertz CT molecular complexity index is 1010. The number of hydrogen-bond donors (Lipinski definition) is 1. The molecular formula is C17H11N3O2. The molecule has 0 radical (unpaired) electrons. The second kappa shape index (κ2) is 4.66. The van der Waals surface area contributed by atoms with E-state index in [1.165, 1.54) is 0 Å². The van der Waals surface area contributed by atoms with E-state index in [0.717, 1.165) is 16.3 Å². The zero-order valence-electron chi connectivity index (χ0n) is 11.5. The summed E-state index contributed by atoms with van der Waals surface area (Å²) in [7, 11) is 0. The first-order chi connectivity index (χ1) is 10.8. The Hall–Kier alpha value is -3.21. The summed E-state index contributed by atoms with van der Waals surface area (Å²) in [5, 5.41) is 11.4. The van der Waals surface area contributed by atoms with Crippen molar-refractivity contribution in [3.05, 3.63) is 66.5 Å². The molecule has 0 aliphatic rings. The maximum atomic E-state index is 11.6. The van der Waals surface area contributed by atoms with Crippen LogP contribution in [0.5, 0.6) is 0 Å². The van der Waals surface area contributed by atoms with Crippen molar-refractivity contribution in [1.29, 1.82) is 0 Å². The highest BCUT2D eigenvalue weighted by molar-refractivity contribution is 6.15. The number of rotatable bonds is 2. The van der Waals surface area contributed by atoms with Crippen LogP contribution in [0.4, 0.5) is 0 Å². The summed E-state index contributed by atoms with van der Waals surface area (Å²) in [6, 6.07) is 14.8. The number of fused-ring (bicyclic) bond motifs is 3. The van der Waals surface area contributed by atoms with Crippen molar-refractivity contribution < 1.29 is 9.90 Å². The molecule has 0 fully saturated rings. The van der Waals surface area contributed by atoms with Gasteiger partial charge in [0, 0.05) is 23.2 Å². The molecule has 22 heavy (non-hydrogen) atoms. The van der Waals surface area contributed by atoms with Gasteiger partial charge in [-0.25, -0.2) is 14.8 Å². The highest BCUT2D eigenvalue weighted by Gasteiger charge is 2.19. The number of carboxylic acids is 1. The van der Waals surface area contributed by atoms with E-state index in [1.54, 1.807) is 35.2 Å². The maximum Gasteiger partial charge on any atom is 0.337 e. The zero-order valence-corrected chi connectivity index (χ0v) is 11.5. The number of para-hydroxylation sites is 2. The molecule has 4 rings (SSSR count). The molecule has 106 valence electrons. The predicted molar refractivity (Wildman–Crippen MR) is 83.3 cm³/mol. The normalized spacial score (nSPS) is 11.1. The molecule has 2 aromatic heterocycles. The average molecular weight is 289 g/mol.